The number of hydrogen-bond donors (Lipinski definition) is 0. The maximum absolute atomic E-state index is 3.87. The summed E-state index contributed by atoms with van der Waals surface area (Å²) in [7, 11) is 0. The Hall–Kier alpha value is -1.29. The Morgan fingerprint density at radius 1 is 1.11 bits per heavy atom. The Labute approximate surface area is 123 Å². The fraction of sp³-hybridized carbons (Fsp3) is 0.125. The summed E-state index contributed by atoms with van der Waals surface area (Å²) in [6, 6.07) is 16.8. The number of halogens is 1. The summed E-state index contributed by atoms with van der Waals surface area (Å²) in [5.74, 6) is 0. The van der Waals surface area contributed by atoms with E-state index in [1.165, 1.54) is 22.4 Å². The van der Waals surface area contributed by atoms with E-state index in [-0.39, 0.29) is 0 Å². The molecule has 0 aliphatic heterocycles. The summed E-state index contributed by atoms with van der Waals surface area (Å²) in [6.07, 6.45) is 1.91. The molecule has 0 radical (unpaired) electrons. The predicted octanol–water partition coefficient (Wildman–Crippen LogP) is 4.99. The molecule has 2 aromatic rings. The van der Waals surface area contributed by atoms with Gasteiger partial charge in [-0.25, -0.2) is 0 Å². The Kier molecular flexibility index (Phi) is 4.42. The third-order valence-electron chi connectivity index (χ3n) is 2.96. The SMILES string of the molecule is C=Cc1ccccc1CN(I)c1ccccc1C. The van der Waals surface area contributed by atoms with Crippen LogP contribution < -0.4 is 3.11 Å². The molecule has 18 heavy (non-hydrogen) atoms. The molecule has 0 spiro atoms. The van der Waals surface area contributed by atoms with Gasteiger partial charge in [0.25, 0.3) is 0 Å². The summed E-state index contributed by atoms with van der Waals surface area (Å²) in [6.45, 7) is 6.89. The number of anilines is 1. The molecule has 92 valence electrons. The van der Waals surface area contributed by atoms with Gasteiger partial charge in [0, 0.05) is 5.69 Å². The molecule has 0 bridgehead atoms. The number of hydrogen-bond acceptors (Lipinski definition) is 1. The zero-order valence-electron chi connectivity index (χ0n) is 10.4. The lowest BCUT2D eigenvalue weighted by molar-refractivity contribution is 1.07. The third-order valence-corrected chi connectivity index (χ3v) is 3.82. The number of benzene rings is 2. The smallest absolute Gasteiger partial charge is 0.0594 e. The first kappa shape index (κ1) is 13.1. The van der Waals surface area contributed by atoms with Crippen LogP contribution in [0.4, 0.5) is 5.69 Å². The number of para-hydroxylation sites is 1. The lowest BCUT2D eigenvalue weighted by Gasteiger charge is -2.20. The predicted molar refractivity (Wildman–Crippen MR) is 87.9 cm³/mol. The van der Waals surface area contributed by atoms with Crippen LogP contribution in [0.1, 0.15) is 16.7 Å². The second kappa shape index (κ2) is 6.05. The summed E-state index contributed by atoms with van der Waals surface area (Å²) in [5.41, 5.74) is 5.05. The summed E-state index contributed by atoms with van der Waals surface area (Å²) >= 11 is 2.37. The van der Waals surface area contributed by atoms with E-state index in [1.807, 2.05) is 12.1 Å². The zero-order valence-corrected chi connectivity index (χ0v) is 12.6. The lowest BCUT2D eigenvalue weighted by atomic mass is 10.1. The molecule has 1 nitrogen and oxygen atoms in total. The second-order valence-corrected chi connectivity index (χ2v) is 5.37. The monoisotopic (exact) mass is 349 g/mol. The molecule has 0 aromatic heterocycles. The van der Waals surface area contributed by atoms with E-state index in [1.54, 1.807) is 0 Å². The topological polar surface area (TPSA) is 3.24 Å². The van der Waals surface area contributed by atoms with Crippen molar-refractivity contribution in [1.29, 1.82) is 0 Å². The molecule has 0 N–H and O–H groups in total. The molecule has 0 saturated heterocycles. The van der Waals surface area contributed by atoms with E-state index >= 15 is 0 Å². The molecule has 0 fully saturated rings. The number of rotatable bonds is 4. The van der Waals surface area contributed by atoms with Gasteiger partial charge in [0.05, 0.1) is 29.4 Å². The van der Waals surface area contributed by atoms with E-state index < -0.39 is 0 Å². The molecule has 0 aliphatic rings. The quantitative estimate of drug-likeness (QED) is 0.555. The first-order valence-corrected chi connectivity index (χ1v) is 6.88. The van der Waals surface area contributed by atoms with Crippen molar-refractivity contribution < 1.29 is 0 Å². The van der Waals surface area contributed by atoms with Gasteiger partial charge >= 0.3 is 0 Å². The first-order valence-electron chi connectivity index (χ1n) is 5.91. The average Bonchev–Trinajstić information content (AvgIpc) is 2.39. The van der Waals surface area contributed by atoms with Crippen molar-refractivity contribution in [2.75, 3.05) is 3.11 Å². The van der Waals surface area contributed by atoms with Gasteiger partial charge in [0.15, 0.2) is 0 Å². The first-order chi connectivity index (χ1) is 8.72. The maximum atomic E-state index is 3.87. The van der Waals surface area contributed by atoms with Crippen molar-refractivity contribution in [3.8, 4) is 0 Å². The average molecular weight is 349 g/mol. The van der Waals surface area contributed by atoms with Crippen LogP contribution in [0.25, 0.3) is 6.08 Å². The number of nitrogens with zero attached hydrogens (tertiary/aromatic N) is 1. The minimum Gasteiger partial charge on any atom is -0.310 e. The molecule has 2 aromatic carbocycles. The molecule has 0 heterocycles. The molecule has 0 unspecified atom stereocenters. The highest BCUT2D eigenvalue weighted by atomic mass is 127. The van der Waals surface area contributed by atoms with Crippen molar-refractivity contribution >= 4 is 34.6 Å². The van der Waals surface area contributed by atoms with Crippen LogP contribution >= 0.6 is 22.9 Å². The largest absolute Gasteiger partial charge is 0.310 e. The fourth-order valence-corrected chi connectivity index (χ4v) is 2.86. The van der Waals surface area contributed by atoms with Crippen molar-refractivity contribution in [2.24, 2.45) is 0 Å². The van der Waals surface area contributed by atoms with Crippen LogP contribution in [-0.2, 0) is 6.54 Å². The van der Waals surface area contributed by atoms with Gasteiger partial charge in [-0.15, -0.1) is 0 Å². The van der Waals surface area contributed by atoms with Crippen LogP contribution in [0.15, 0.2) is 55.1 Å². The summed E-state index contributed by atoms with van der Waals surface area (Å²) < 4.78 is 2.25. The van der Waals surface area contributed by atoms with Gasteiger partial charge in [-0.3, -0.25) is 0 Å². The van der Waals surface area contributed by atoms with Crippen molar-refractivity contribution in [3.63, 3.8) is 0 Å². The van der Waals surface area contributed by atoms with Crippen molar-refractivity contribution in [2.45, 2.75) is 13.5 Å². The van der Waals surface area contributed by atoms with Gasteiger partial charge in [-0.1, -0.05) is 55.1 Å². The number of aryl methyl sites for hydroxylation is 1. The van der Waals surface area contributed by atoms with E-state index in [9.17, 15) is 0 Å². The van der Waals surface area contributed by atoms with Gasteiger partial charge in [-0.2, -0.15) is 0 Å². The Morgan fingerprint density at radius 3 is 2.50 bits per heavy atom. The van der Waals surface area contributed by atoms with Crippen LogP contribution in [0.5, 0.6) is 0 Å². The third kappa shape index (κ3) is 2.93. The normalized spacial score (nSPS) is 10.1. The highest BCUT2D eigenvalue weighted by Crippen LogP contribution is 2.26. The zero-order chi connectivity index (χ0) is 13.0. The Bertz CT molecular complexity index is 548. The van der Waals surface area contributed by atoms with Gasteiger partial charge in [0.2, 0.25) is 0 Å². The Morgan fingerprint density at radius 2 is 1.78 bits per heavy atom. The van der Waals surface area contributed by atoms with Gasteiger partial charge < -0.3 is 3.11 Å². The highest BCUT2D eigenvalue weighted by Gasteiger charge is 2.07. The lowest BCUT2D eigenvalue weighted by Crippen LogP contribution is -2.10. The molecular weight excluding hydrogens is 333 g/mol. The molecule has 2 heteroatoms. The minimum atomic E-state index is 0.883. The molecule has 2 rings (SSSR count). The minimum absolute atomic E-state index is 0.883. The van der Waals surface area contributed by atoms with E-state index in [0.29, 0.717) is 0 Å². The molecule has 0 aliphatic carbocycles. The van der Waals surface area contributed by atoms with E-state index in [2.05, 4.69) is 81.9 Å². The standard InChI is InChI=1S/C16H16IN/c1-3-14-9-5-6-10-15(14)12-18(17)16-11-7-4-8-13(16)2/h3-11H,1,12H2,2H3. The van der Waals surface area contributed by atoms with Crippen LogP contribution in [0, 0.1) is 6.92 Å². The summed E-state index contributed by atoms with van der Waals surface area (Å²) in [5, 5.41) is 0. The molecule has 0 amide bonds. The molecule has 0 saturated carbocycles. The van der Waals surface area contributed by atoms with Crippen molar-refractivity contribution in [3.05, 3.63) is 71.8 Å². The van der Waals surface area contributed by atoms with Gasteiger partial charge in [0.1, 0.15) is 0 Å². The van der Waals surface area contributed by atoms with E-state index in [0.717, 1.165) is 6.54 Å². The molecule has 0 atom stereocenters. The van der Waals surface area contributed by atoms with Crippen LogP contribution in [0.3, 0.4) is 0 Å². The fourth-order valence-electron chi connectivity index (χ4n) is 1.95. The second-order valence-electron chi connectivity index (χ2n) is 4.21. The maximum Gasteiger partial charge on any atom is 0.0594 e. The molecular formula is C16H16IN. The highest BCUT2D eigenvalue weighted by molar-refractivity contribution is 14.1. The van der Waals surface area contributed by atoms with Gasteiger partial charge in [-0.05, 0) is 29.7 Å². The van der Waals surface area contributed by atoms with E-state index in [4.69, 9.17) is 0 Å². The van der Waals surface area contributed by atoms with Crippen molar-refractivity contribution in [1.82, 2.24) is 0 Å². The summed E-state index contributed by atoms with van der Waals surface area (Å²) in [4.78, 5) is 0. The Balaban J connectivity index is 2.24. The van der Waals surface area contributed by atoms with Crippen LogP contribution in [-0.4, -0.2) is 0 Å². The van der Waals surface area contributed by atoms with Crippen LogP contribution in [0.2, 0.25) is 0 Å².